The third kappa shape index (κ3) is 2.28. The van der Waals surface area contributed by atoms with Crippen molar-refractivity contribution in [2.24, 2.45) is 11.8 Å². The van der Waals surface area contributed by atoms with E-state index in [1.165, 1.54) is 4.68 Å². The van der Waals surface area contributed by atoms with Crippen molar-refractivity contribution in [2.45, 2.75) is 26.7 Å². The van der Waals surface area contributed by atoms with Gasteiger partial charge in [0.2, 0.25) is 0 Å². The zero-order valence-electron chi connectivity index (χ0n) is 12.0. The molecule has 1 aliphatic rings. The molecule has 0 atom stereocenters. The minimum atomic E-state index is -0.0547. The normalized spacial score (nSPS) is 17.1. The van der Waals surface area contributed by atoms with Crippen molar-refractivity contribution < 1.29 is 4.79 Å². The van der Waals surface area contributed by atoms with Gasteiger partial charge in [-0.1, -0.05) is 31.2 Å². The van der Waals surface area contributed by atoms with E-state index in [1.54, 1.807) is 0 Å². The number of carbonyl (C=O) groups is 1. The number of aromatic nitrogens is 3. The zero-order chi connectivity index (χ0) is 14.1. The quantitative estimate of drug-likeness (QED) is 0.802. The molecule has 1 fully saturated rings. The Morgan fingerprint density at radius 2 is 1.95 bits per heavy atom. The van der Waals surface area contributed by atoms with Gasteiger partial charge in [-0.3, -0.25) is 0 Å². The van der Waals surface area contributed by atoms with Crippen LogP contribution in [0.15, 0.2) is 24.3 Å². The molecular formula is C15H20N4O. The summed E-state index contributed by atoms with van der Waals surface area (Å²) in [4.78, 5) is 14.4. The smallest absolute Gasteiger partial charge is 0.323 e. The van der Waals surface area contributed by atoms with Crippen molar-refractivity contribution >= 4 is 17.1 Å². The molecule has 1 aromatic heterocycles. The van der Waals surface area contributed by atoms with Gasteiger partial charge in [0.1, 0.15) is 5.52 Å². The Labute approximate surface area is 118 Å². The fourth-order valence-electron chi connectivity index (χ4n) is 2.90. The van der Waals surface area contributed by atoms with Crippen LogP contribution in [0.3, 0.4) is 0 Å². The molecule has 3 rings (SSSR count). The first kappa shape index (κ1) is 13.1. The summed E-state index contributed by atoms with van der Waals surface area (Å²) in [6, 6.07) is 7.51. The average Bonchev–Trinajstić information content (AvgIpc) is 2.90. The maximum Gasteiger partial charge on any atom is 0.346 e. The summed E-state index contributed by atoms with van der Waals surface area (Å²) in [5.41, 5.74) is 1.54. The summed E-state index contributed by atoms with van der Waals surface area (Å²) in [6.07, 6.45) is 2.16. The standard InChI is InChI=1S/C15H20N4O/c1-11(2)12-7-9-18(10-8-12)15(20)19-14-6-4-3-5-13(14)16-17-19/h3-6,11-12H,7-10H2,1-2H3. The Kier molecular flexibility index (Phi) is 3.42. The van der Waals surface area contributed by atoms with Crippen LogP contribution in [-0.2, 0) is 0 Å². The minimum absolute atomic E-state index is 0.0547. The van der Waals surface area contributed by atoms with E-state index >= 15 is 0 Å². The van der Waals surface area contributed by atoms with E-state index in [4.69, 9.17) is 0 Å². The van der Waals surface area contributed by atoms with Gasteiger partial charge >= 0.3 is 6.03 Å². The fraction of sp³-hybridized carbons (Fsp3) is 0.533. The molecule has 0 unspecified atom stereocenters. The number of carbonyl (C=O) groups excluding carboxylic acids is 1. The lowest BCUT2D eigenvalue weighted by Crippen LogP contribution is -2.42. The summed E-state index contributed by atoms with van der Waals surface area (Å²) in [6.45, 7) is 6.14. The third-order valence-corrected chi connectivity index (χ3v) is 4.29. The summed E-state index contributed by atoms with van der Waals surface area (Å²) in [5, 5.41) is 8.04. The highest BCUT2D eigenvalue weighted by Crippen LogP contribution is 2.25. The largest absolute Gasteiger partial charge is 0.346 e. The molecule has 1 aromatic carbocycles. The van der Waals surface area contributed by atoms with Crippen LogP contribution in [-0.4, -0.2) is 39.0 Å². The number of amides is 1. The molecule has 5 nitrogen and oxygen atoms in total. The van der Waals surface area contributed by atoms with Crippen molar-refractivity contribution in [3.05, 3.63) is 24.3 Å². The monoisotopic (exact) mass is 272 g/mol. The molecule has 0 aliphatic carbocycles. The Bertz CT molecular complexity index is 611. The topological polar surface area (TPSA) is 51.0 Å². The molecule has 2 heterocycles. The molecule has 1 aliphatic heterocycles. The molecule has 0 saturated carbocycles. The van der Waals surface area contributed by atoms with Gasteiger partial charge in [-0.15, -0.1) is 5.10 Å². The van der Waals surface area contributed by atoms with Gasteiger partial charge in [0, 0.05) is 13.1 Å². The van der Waals surface area contributed by atoms with Crippen molar-refractivity contribution in [1.29, 1.82) is 0 Å². The predicted molar refractivity (Wildman–Crippen MR) is 77.5 cm³/mol. The molecule has 0 N–H and O–H groups in total. The van der Waals surface area contributed by atoms with Gasteiger partial charge in [0.05, 0.1) is 5.52 Å². The van der Waals surface area contributed by atoms with Crippen molar-refractivity contribution in [1.82, 2.24) is 19.9 Å². The lowest BCUT2D eigenvalue weighted by Gasteiger charge is -2.33. The predicted octanol–water partition coefficient (Wildman–Crippen LogP) is 2.77. The minimum Gasteiger partial charge on any atom is -0.323 e. The Balaban J connectivity index is 1.77. The van der Waals surface area contributed by atoms with Gasteiger partial charge in [-0.05, 0) is 36.8 Å². The number of hydrogen-bond acceptors (Lipinski definition) is 3. The van der Waals surface area contributed by atoms with Gasteiger partial charge in [-0.2, -0.15) is 4.68 Å². The summed E-state index contributed by atoms with van der Waals surface area (Å²) < 4.78 is 1.42. The Morgan fingerprint density at radius 3 is 2.65 bits per heavy atom. The number of para-hydroxylation sites is 1. The lowest BCUT2D eigenvalue weighted by atomic mass is 9.87. The first-order chi connectivity index (χ1) is 9.66. The highest BCUT2D eigenvalue weighted by Gasteiger charge is 2.26. The molecule has 0 radical (unpaired) electrons. The van der Waals surface area contributed by atoms with Crippen LogP contribution >= 0.6 is 0 Å². The van der Waals surface area contributed by atoms with Crippen LogP contribution < -0.4 is 0 Å². The second-order valence-electron chi connectivity index (χ2n) is 5.84. The molecular weight excluding hydrogens is 252 g/mol. The molecule has 20 heavy (non-hydrogen) atoms. The van der Waals surface area contributed by atoms with Gasteiger partial charge in [-0.25, -0.2) is 4.79 Å². The highest BCUT2D eigenvalue weighted by molar-refractivity contribution is 5.87. The molecule has 2 aromatic rings. The van der Waals surface area contributed by atoms with Crippen molar-refractivity contribution in [3.63, 3.8) is 0 Å². The van der Waals surface area contributed by atoms with Crippen LogP contribution in [0, 0.1) is 11.8 Å². The maximum absolute atomic E-state index is 12.5. The van der Waals surface area contributed by atoms with E-state index in [2.05, 4.69) is 24.2 Å². The van der Waals surface area contributed by atoms with E-state index in [-0.39, 0.29) is 6.03 Å². The van der Waals surface area contributed by atoms with Gasteiger partial charge in [0.25, 0.3) is 0 Å². The van der Waals surface area contributed by atoms with Crippen LogP contribution in [0.25, 0.3) is 11.0 Å². The van der Waals surface area contributed by atoms with Crippen LogP contribution in [0.4, 0.5) is 4.79 Å². The average molecular weight is 272 g/mol. The SMILES string of the molecule is CC(C)C1CCN(C(=O)n2nnc3ccccc32)CC1. The first-order valence-corrected chi connectivity index (χ1v) is 7.26. The maximum atomic E-state index is 12.5. The van der Waals surface area contributed by atoms with Crippen molar-refractivity contribution in [2.75, 3.05) is 13.1 Å². The summed E-state index contributed by atoms with van der Waals surface area (Å²) >= 11 is 0. The molecule has 0 spiro atoms. The van der Waals surface area contributed by atoms with E-state index < -0.39 is 0 Å². The fourth-order valence-corrected chi connectivity index (χ4v) is 2.90. The Hall–Kier alpha value is -1.91. The van der Waals surface area contributed by atoms with Gasteiger partial charge < -0.3 is 4.90 Å². The second kappa shape index (κ2) is 5.23. The first-order valence-electron chi connectivity index (χ1n) is 7.26. The molecule has 0 bridgehead atoms. The van der Waals surface area contributed by atoms with Crippen molar-refractivity contribution in [3.8, 4) is 0 Å². The summed E-state index contributed by atoms with van der Waals surface area (Å²) in [7, 11) is 0. The second-order valence-corrected chi connectivity index (χ2v) is 5.84. The van der Waals surface area contributed by atoms with Gasteiger partial charge in [0.15, 0.2) is 0 Å². The number of nitrogens with zero attached hydrogens (tertiary/aromatic N) is 4. The highest BCUT2D eigenvalue weighted by atomic mass is 16.2. The van der Waals surface area contributed by atoms with E-state index in [1.807, 2.05) is 29.2 Å². The molecule has 5 heteroatoms. The third-order valence-electron chi connectivity index (χ3n) is 4.29. The number of piperidine rings is 1. The molecule has 1 amide bonds. The number of hydrogen-bond donors (Lipinski definition) is 0. The van der Waals surface area contributed by atoms with Crippen LogP contribution in [0.1, 0.15) is 26.7 Å². The number of benzene rings is 1. The molecule has 1 saturated heterocycles. The number of rotatable bonds is 1. The van der Waals surface area contributed by atoms with E-state index in [0.717, 1.165) is 42.9 Å². The lowest BCUT2D eigenvalue weighted by molar-refractivity contribution is 0.156. The zero-order valence-corrected chi connectivity index (χ0v) is 12.0. The molecule has 106 valence electrons. The number of fused-ring (bicyclic) bond motifs is 1. The number of likely N-dealkylation sites (tertiary alicyclic amines) is 1. The summed E-state index contributed by atoms with van der Waals surface area (Å²) in [5.74, 6) is 1.42. The Morgan fingerprint density at radius 1 is 1.25 bits per heavy atom. The van der Waals surface area contributed by atoms with Crippen LogP contribution in [0.5, 0.6) is 0 Å². The van der Waals surface area contributed by atoms with E-state index in [9.17, 15) is 4.79 Å². The van der Waals surface area contributed by atoms with Crippen LogP contribution in [0.2, 0.25) is 0 Å². The van der Waals surface area contributed by atoms with E-state index in [0.29, 0.717) is 5.92 Å².